The quantitative estimate of drug-likeness (QED) is 0.290. The van der Waals surface area contributed by atoms with E-state index in [-0.39, 0.29) is 11.1 Å². The molecule has 0 heterocycles. The molecule has 0 saturated carbocycles. The fourth-order valence-corrected chi connectivity index (χ4v) is 3.96. The first kappa shape index (κ1) is 20.7. The fraction of sp³-hybridized carbons (Fsp3) is 0. The van der Waals surface area contributed by atoms with E-state index in [9.17, 15) is 4.79 Å². The van der Waals surface area contributed by atoms with Crippen LogP contribution in [0.15, 0.2) is 109 Å². The van der Waals surface area contributed by atoms with Gasteiger partial charge >= 0.3 is 0 Å². The summed E-state index contributed by atoms with van der Waals surface area (Å²) < 4.78 is 5.78. The molecule has 0 aromatic heterocycles. The summed E-state index contributed by atoms with van der Waals surface area (Å²) in [6.07, 6.45) is 0. The number of rotatable bonds is 4. The van der Waals surface area contributed by atoms with Gasteiger partial charge < -0.3 is 15.4 Å². The van der Waals surface area contributed by atoms with E-state index in [1.165, 1.54) is 0 Å². The lowest BCUT2D eigenvalue weighted by atomic mass is 10.1. The van der Waals surface area contributed by atoms with Gasteiger partial charge in [0.05, 0.1) is 0 Å². The van der Waals surface area contributed by atoms with Crippen molar-refractivity contribution in [1.82, 2.24) is 0 Å². The van der Waals surface area contributed by atoms with Crippen molar-refractivity contribution in [2.45, 2.75) is 0 Å². The van der Waals surface area contributed by atoms with Crippen molar-refractivity contribution in [3.05, 3.63) is 115 Å². The lowest BCUT2D eigenvalue weighted by molar-refractivity contribution is 0.102. The fourth-order valence-electron chi connectivity index (χ4n) is 3.75. The van der Waals surface area contributed by atoms with Crippen molar-refractivity contribution >= 4 is 56.2 Å². The van der Waals surface area contributed by atoms with Crippen molar-refractivity contribution < 1.29 is 9.53 Å². The van der Waals surface area contributed by atoms with Crippen molar-refractivity contribution in [2.75, 3.05) is 10.6 Å². The molecular weight excluding hydrogens is 428 g/mol. The summed E-state index contributed by atoms with van der Waals surface area (Å²) in [6.45, 7) is 0. The van der Waals surface area contributed by atoms with Crippen molar-refractivity contribution in [3.8, 4) is 5.75 Å². The van der Waals surface area contributed by atoms with E-state index in [1.807, 2.05) is 78.9 Å². The topological polar surface area (TPSA) is 50.4 Å². The first-order chi connectivity index (χ1) is 16.2. The Bertz CT molecular complexity index is 1490. The van der Waals surface area contributed by atoms with Crippen LogP contribution in [0.5, 0.6) is 5.75 Å². The summed E-state index contributed by atoms with van der Waals surface area (Å²) in [5, 5.41) is 10.6. The van der Waals surface area contributed by atoms with Gasteiger partial charge in [-0.3, -0.25) is 4.79 Å². The number of amides is 1. The SMILES string of the molecule is O=C(Nc1cccc2ccccc12)c1cccc(OC(=S)Nc2ccc3ccccc3c2)c1. The minimum atomic E-state index is -0.217. The predicted octanol–water partition coefficient (Wildman–Crippen LogP) is 7.02. The molecule has 0 aliphatic rings. The molecular formula is C28H20N2O2S. The minimum absolute atomic E-state index is 0.205. The van der Waals surface area contributed by atoms with E-state index >= 15 is 0 Å². The molecule has 0 atom stereocenters. The summed E-state index contributed by atoms with van der Waals surface area (Å²) in [5.74, 6) is 0.268. The van der Waals surface area contributed by atoms with Crippen molar-refractivity contribution in [1.29, 1.82) is 0 Å². The molecule has 0 radical (unpaired) electrons. The second-order valence-electron chi connectivity index (χ2n) is 7.59. The number of benzene rings is 5. The van der Waals surface area contributed by atoms with Crippen LogP contribution < -0.4 is 15.4 Å². The Hall–Kier alpha value is -4.22. The van der Waals surface area contributed by atoms with Crippen LogP contribution in [-0.2, 0) is 0 Å². The molecule has 0 bridgehead atoms. The number of fused-ring (bicyclic) bond motifs is 2. The monoisotopic (exact) mass is 448 g/mol. The molecule has 5 aromatic rings. The number of hydrogen-bond donors (Lipinski definition) is 2. The van der Waals surface area contributed by atoms with Gasteiger partial charge in [-0.25, -0.2) is 0 Å². The summed E-state index contributed by atoms with van der Waals surface area (Å²) in [5.41, 5.74) is 2.08. The number of nitrogens with one attached hydrogen (secondary N) is 2. The van der Waals surface area contributed by atoms with Gasteiger partial charge in [0.2, 0.25) is 0 Å². The lowest BCUT2D eigenvalue weighted by Crippen LogP contribution is -2.17. The Labute approximate surface area is 196 Å². The summed E-state index contributed by atoms with van der Waals surface area (Å²) >= 11 is 5.37. The third-order valence-electron chi connectivity index (χ3n) is 5.34. The van der Waals surface area contributed by atoms with Gasteiger partial charge in [0.15, 0.2) is 0 Å². The van der Waals surface area contributed by atoms with E-state index in [0.29, 0.717) is 11.3 Å². The van der Waals surface area contributed by atoms with Crippen LogP contribution in [0.4, 0.5) is 11.4 Å². The first-order valence-electron chi connectivity index (χ1n) is 10.5. The van der Waals surface area contributed by atoms with Gasteiger partial charge in [-0.05, 0) is 64.8 Å². The number of anilines is 2. The number of carbonyl (C=O) groups is 1. The molecule has 33 heavy (non-hydrogen) atoms. The molecule has 5 aromatic carbocycles. The summed E-state index contributed by atoms with van der Waals surface area (Å²) in [4.78, 5) is 12.9. The standard InChI is InChI=1S/C28H20N2O2S/c31-27(30-26-14-6-10-20-8-3-4-13-25(20)26)22-11-5-12-24(18-22)32-28(33)29-23-16-15-19-7-1-2-9-21(19)17-23/h1-18H,(H,29,33)(H,30,31). The van der Waals surface area contributed by atoms with Crippen LogP contribution in [0.1, 0.15) is 10.4 Å². The van der Waals surface area contributed by atoms with E-state index in [4.69, 9.17) is 17.0 Å². The molecule has 160 valence electrons. The van der Waals surface area contributed by atoms with Gasteiger partial charge in [-0.2, -0.15) is 0 Å². The Balaban J connectivity index is 1.29. The highest BCUT2D eigenvalue weighted by Gasteiger charge is 2.10. The Kier molecular flexibility index (Phi) is 5.70. The Morgan fingerprint density at radius 1 is 0.667 bits per heavy atom. The highest BCUT2D eigenvalue weighted by atomic mass is 32.1. The smallest absolute Gasteiger partial charge is 0.266 e. The summed E-state index contributed by atoms with van der Waals surface area (Å²) in [7, 11) is 0. The normalized spacial score (nSPS) is 10.7. The molecule has 0 fully saturated rings. The third kappa shape index (κ3) is 4.68. The number of thiocarbonyl (C=S) groups is 1. The predicted molar refractivity (Wildman–Crippen MR) is 139 cm³/mol. The Morgan fingerprint density at radius 3 is 2.27 bits per heavy atom. The molecule has 1 amide bonds. The van der Waals surface area contributed by atoms with E-state index < -0.39 is 0 Å². The molecule has 5 heteroatoms. The van der Waals surface area contributed by atoms with Gasteiger partial charge in [-0.15, -0.1) is 0 Å². The maximum Gasteiger partial charge on any atom is 0.266 e. The van der Waals surface area contributed by atoms with Gasteiger partial charge in [-0.1, -0.05) is 72.8 Å². The summed E-state index contributed by atoms with van der Waals surface area (Å²) in [6, 6.07) is 34.8. The van der Waals surface area contributed by atoms with Crippen LogP contribution in [0.2, 0.25) is 0 Å². The Morgan fingerprint density at radius 2 is 1.39 bits per heavy atom. The number of ether oxygens (including phenoxy) is 1. The van der Waals surface area contributed by atoms with Crippen LogP contribution >= 0.6 is 12.2 Å². The van der Waals surface area contributed by atoms with Crippen LogP contribution in [0.3, 0.4) is 0 Å². The second-order valence-corrected chi connectivity index (χ2v) is 7.96. The average molecular weight is 449 g/mol. The second kappa shape index (κ2) is 9.10. The molecule has 4 nitrogen and oxygen atoms in total. The molecule has 0 spiro atoms. The molecule has 5 rings (SSSR count). The largest absolute Gasteiger partial charge is 0.432 e. The number of hydrogen-bond acceptors (Lipinski definition) is 3. The third-order valence-corrected chi connectivity index (χ3v) is 5.53. The molecule has 2 N–H and O–H groups in total. The first-order valence-corrected chi connectivity index (χ1v) is 10.9. The molecule has 0 saturated heterocycles. The van der Waals surface area contributed by atoms with E-state index in [0.717, 1.165) is 32.9 Å². The van der Waals surface area contributed by atoms with Gasteiger partial charge in [0.1, 0.15) is 5.75 Å². The van der Waals surface area contributed by atoms with Crippen LogP contribution in [0.25, 0.3) is 21.5 Å². The van der Waals surface area contributed by atoms with Crippen molar-refractivity contribution in [2.24, 2.45) is 0 Å². The average Bonchev–Trinajstić information content (AvgIpc) is 2.84. The maximum absolute atomic E-state index is 12.9. The van der Waals surface area contributed by atoms with E-state index in [1.54, 1.807) is 24.3 Å². The highest BCUT2D eigenvalue weighted by molar-refractivity contribution is 7.80. The zero-order valence-corrected chi connectivity index (χ0v) is 18.4. The zero-order chi connectivity index (χ0) is 22.6. The maximum atomic E-state index is 12.9. The van der Waals surface area contributed by atoms with Gasteiger partial charge in [0, 0.05) is 22.3 Å². The molecule has 0 aliphatic carbocycles. The lowest BCUT2D eigenvalue weighted by Gasteiger charge is -2.12. The zero-order valence-electron chi connectivity index (χ0n) is 17.6. The van der Waals surface area contributed by atoms with Crippen LogP contribution in [-0.4, -0.2) is 11.1 Å². The van der Waals surface area contributed by atoms with Crippen LogP contribution in [0, 0.1) is 0 Å². The van der Waals surface area contributed by atoms with Crippen molar-refractivity contribution in [3.63, 3.8) is 0 Å². The number of carbonyl (C=O) groups excluding carboxylic acids is 1. The van der Waals surface area contributed by atoms with Gasteiger partial charge in [0.25, 0.3) is 11.1 Å². The molecule has 0 unspecified atom stereocenters. The minimum Gasteiger partial charge on any atom is -0.432 e. The highest BCUT2D eigenvalue weighted by Crippen LogP contribution is 2.24. The van der Waals surface area contributed by atoms with E-state index in [2.05, 4.69) is 16.7 Å². The molecule has 0 aliphatic heterocycles.